The molecule has 0 saturated heterocycles. The van der Waals surface area contributed by atoms with E-state index in [1.54, 1.807) is 6.20 Å². The maximum Gasteiger partial charge on any atom is 0.0722 e. The molecule has 2 heteroatoms. The fourth-order valence-electron chi connectivity index (χ4n) is 1.53. The van der Waals surface area contributed by atoms with Gasteiger partial charge in [0, 0.05) is 17.3 Å². The zero-order chi connectivity index (χ0) is 9.26. The van der Waals surface area contributed by atoms with Crippen LogP contribution in [0.3, 0.4) is 0 Å². The summed E-state index contributed by atoms with van der Waals surface area (Å²) in [5, 5.41) is 1.06. The molecular formula is C11H12N2. The summed E-state index contributed by atoms with van der Waals surface area (Å²) in [6, 6.07) is 7.99. The van der Waals surface area contributed by atoms with Gasteiger partial charge in [-0.15, -0.1) is 0 Å². The highest BCUT2D eigenvalue weighted by Gasteiger charge is 2.01. The van der Waals surface area contributed by atoms with Crippen molar-refractivity contribution in [2.45, 2.75) is 13.3 Å². The number of fused-ring (bicyclic) bond motifs is 1. The topological polar surface area (TPSA) is 38.9 Å². The first-order valence-corrected chi connectivity index (χ1v) is 4.45. The Morgan fingerprint density at radius 3 is 2.92 bits per heavy atom. The second kappa shape index (κ2) is 3.05. The average molecular weight is 172 g/mol. The van der Waals surface area contributed by atoms with E-state index in [0.29, 0.717) is 0 Å². The highest BCUT2D eigenvalue weighted by atomic mass is 14.7. The van der Waals surface area contributed by atoms with Crippen LogP contribution in [0.4, 0.5) is 5.69 Å². The summed E-state index contributed by atoms with van der Waals surface area (Å²) in [7, 11) is 0. The molecule has 66 valence electrons. The predicted octanol–water partition coefficient (Wildman–Crippen LogP) is 2.38. The van der Waals surface area contributed by atoms with E-state index in [4.69, 9.17) is 5.73 Å². The fourth-order valence-corrected chi connectivity index (χ4v) is 1.53. The molecule has 1 aromatic heterocycles. The zero-order valence-corrected chi connectivity index (χ0v) is 7.62. The number of hydrogen-bond acceptors (Lipinski definition) is 2. The van der Waals surface area contributed by atoms with Crippen molar-refractivity contribution in [3.05, 3.63) is 36.0 Å². The summed E-state index contributed by atoms with van der Waals surface area (Å²) < 4.78 is 0. The van der Waals surface area contributed by atoms with E-state index in [1.165, 1.54) is 5.56 Å². The SMILES string of the molecule is CCc1ccc2ncccc2c1N. The second-order valence-electron chi connectivity index (χ2n) is 3.06. The highest BCUT2D eigenvalue weighted by Crippen LogP contribution is 2.23. The lowest BCUT2D eigenvalue weighted by Gasteiger charge is -2.05. The maximum atomic E-state index is 5.99. The molecule has 0 aliphatic heterocycles. The Kier molecular flexibility index (Phi) is 1.89. The molecule has 0 atom stereocenters. The monoisotopic (exact) mass is 172 g/mol. The quantitative estimate of drug-likeness (QED) is 0.671. The Balaban J connectivity index is 2.79. The van der Waals surface area contributed by atoms with Gasteiger partial charge in [-0.2, -0.15) is 0 Å². The van der Waals surface area contributed by atoms with Crippen LogP contribution < -0.4 is 5.73 Å². The molecule has 0 aliphatic rings. The van der Waals surface area contributed by atoms with Crippen LogP contribution in [0.5, 0.6) is 0 Å². The Morgan fingerprint density at radius 1 is 1.31 bits per heavy atom. The van der Waals surface area contributed by atoms with E-state index in [2.05, 4.69) is 11.9 Å². The van der Waals surface area contributed by atoms with Crippen molar-refractivity contribution in [1.82, 2.24) is 4.98 Å². The standard InChI is InChI=1S/C11H12N2/c1-2-8-5-6-10-9(11(8)12)4-3-7-13-10/h3-7H,2,12H2,1H3. The molecule has 0 fully saturated rings. The zero-order valence-electron chi connectivity index (χ0n) is 7.62. The lowest BCUT2D eigenvalue weighted by Crippen LogP contribution is -1.94. The number of nitrogen functional groups attached to an aromatic ring is 1. The van der Waals surface area contributed by atoms with Gasteiger partial charge in [-0.3, -0.25) is 4.98 Å². The molecule has 2 rings (SSSR count). The lowest BCUT2D eigenvalue weighted by molar-refractivity contribution is 1.15. The van der Waals surface area contributed by atoms with E-state index >= 15 is 0 Å². The van der Waals surface area contributed by atoms with Crippen molar-refractivity contribution in [3.63, 3.8) is 0 Å². The fraction of sp³-hybridized carbons (Fsp3) is 0.182. The van der Waals surface area contributed by atoms with Gasteiger partial charge in [-0.1, -0.05) is 13.0 Å². The number of rotatable bonds is 1. The summed E-state index contributed by atoms with van der Waals surface area (Å²) in [6.45, 7) is 2.11. The van der Waals surface area contributed by atoms with E-state index in [1.807, 2.05) is 24.3 Å². The van der Waals surface area contributed by atoms with E-state index in [-0.39, 0.29) is 0 Å². The molecule has 0 radical (unpaired) electrons. The first-order chi connectivity index (χ1) is 6.33. The third-order valence-corrected chi connectivity index (χ3v) is 2.30. The van der Waals surface area contributed by atoms with Crippen molar-refractivity contribution in [2.24, 2.45) is 0 Å². The van der Waals surface area contributed by atoms with Crippen LogP contribution in [-0.2, 0) is 6.42 Å². The van der Waals surface area contributed by atoms with Crippen LogP contribution in [-0.4, -0.2) is 4.98 Å². The number of hydrogen-bond donors (Lipinski definition) is 1. The number of benzene rings is 1. The van der Waals surface area contributed by atoms with Gasteiger partial charge >= 0.3 is 0 Å². The Hall–Kier alpha value is -1.57. The predicted molar refractivity (Wildman–Crippen MR) is 55.5 cm³/mol. The van der Waals surface area contributed by atoms with Crippen molar-refractivity contribution < 1.29 is 0 Å². The largest absolute Gasteiger partial charge is 0.398 e. The van der Waals surface area contributed by atoms with Crippen molar-refractivity contribution in [1.29, 1.82) is 0 Å². The summed E-state index contributed by atoms with van der Waals surface area (Å²) in [5.41, 5.74) is 9.02. The summed E-state index contributed by atoms with van der Waals surface area (Å²) >= 11 is 0. The molecule has 0 saturated carbocycles. The molecule has 2 aromatic rings. The van der Waals surface area contributed by atoms with Crippen molar-refractivity contribution in [3.8, 4) is 0 Å². The number of aromatic nitrogens is 1. The minimum absolute atomic E-state index is 0.869. The van der Waals surface area contributed by atoms with Gasteiger partial charge in [0.1, 0.15) is 0 Å². The molecular weight excluding hydrogens is 160 g/mol. The molecule has 1 heterocycles. The van der Waals surface area contributed by atoms with E-state index in [9.17, 15) is 0 Å². The van der Waals surface area contributed by atoms with Crippen molar-refractivity contribution >= 4 is 16.6 Å². The van der Waals surface area contributed by atoms with Gasteiger partial charge in [-0.05, 0) is 30.2 Å². The molecule has 1 aromatic carbocycles. The first kappa shape index (κ1) is 8.05. The van der Waals surface area contributed by atoms with Gasteiger partial charge in [0.25, 0.3) is 0 Å². The van der Waals surface area contributed by atoms with Gasteiger partial charge in [0.15, 0.2) is 0 Å². The Labute approximate surface area is 77.4 Å². The summed E-state index contributed by atoms with van der Waals surface area (Å²) in [5.74, 6) is 0. The minimum Gasteiger partial charge on any atom is -0.398 e. The molecule has 13 heavy (non-hydrogen) atoms. The van der Waals surface area contributed by atoms with Crippen LogP contribution >= 0.6 is 0 Å². The Morgan fingerprint density at radius 2 is 2.15 bits per heavy atom. The number of aryl methyl sites for hydroxylation is 1. The summed E-state index contributed by atoms with van der Waals surface area (Å²) in [4.78, 5) is 4.24. The second-order valence-corrected chi connectivity index (χ2v) is 3.06. The number of nitrogens with two attached hydrogens (primary N) is 1. The maximum absolute atomic E-state index is 5.99. The third-order valence-electron chi connectivity index (χ3n) is 2.30. The average Bonchev–Trinajstić information content (AvgIpc) is 2.19. The first-order valence-electron chi connectivity index (χ1n) is 4.45. The molecule has 2 N–H and O–H groups in total. The van der Waals surface area contributed by atoms with E-state index < -0.39 is 0 Å². The Bertz CT molecular complexity index is 435. The number of pyridine rings is 1. The minimum atomic E-state index is 0.869. The van der Waals surface area contributed by atoms with Crippen molar-refractivity contribution in [2.75, 3.05) is 5.73 Å². The lowest BCUT2D eigenvalue weighted by atomic mass is 10.1. The van der Waals surface area contributed by atoms with Crippen LogP contribution in [0, 0.1) is 0 Å². The van der Waals surface area contributed by atoms with Gasteiger partial charge in [-0.25, -0.2) is 0 Å². The van der Waals surface area contributed by atoms with Crippen LogP contribution in [0.1, 0.15) is 12.5 Å². The smallest absolute Gasteiger partial charge is 0.0722 e. The van der Waals surface area contributed by atoms with Crippen LogP contribution in [0.15, 0.2) is 30.5 Å². The normalized spacial score (nSPS) is 10.5. The van der Waals surface area contributed by atoms with Crippen LogP contribution in [0.2, 0.25) is 0 Å². The summed E-state index contributed by atoms with van der Waals surface area (Å²) in [6.07, 6.45) is 2.75. The highest BCUT2D eigenvalue weighted by molar-refractivity contribution is 5.91. The van der Waals surface area contributed by atoms with Gasteiger partial charge in [0.05, 0.1) is 5.52 Å². The van der Waals surface area contributed by atoms with Gasteiger partial charge < -0.3 is 5.73 Å². The van der Waals surface area contributed by atoms with Crippen LogP contribution in [0.25, 0.3) is 10.9 Å². The number of anilines is 1. The van der Waals surface area contributed by atoms with E-state index in [0.717, 1.165) is 23.0 Å². The molecule has 2 nitrogen and oxygen atoms in total. The number of nitrogens with zero attached hydrogens (tertiary/aromatic N) is 1. The third kappa shape index (κ3) is 1.24. The molecule has 0 spiro atoms. The molecule has 0 bridgehead atoms. The molecule has 0 amide bonds. The van der Waals surface area contributed by atoms with Gasteiger partial charge in [0.2, 0.25) is 0 Å². The molecule has 0 aliphatic carbocycles. The molecule has 0 unspecified atom stereocenters.